The molecule has 7 heteroatoms. The van der Waals surface area contributed by atoms with E-state index >= 15 is 0 Å². The summed E-state index contributed by atoms with van der Waals surface area (Å²) < 4.78 is 5.24. The maximum Gasteiger partial charge on any atom is 0.313 e. The number of thioether (sulfide) groups is 1. The maximum atomic E-state index is 12.5. The first-order valence-electron chi connectivity index (χ1n) is 9.22. The van der Waals surface area contributed by atoms with Crippen LogP contribution in [0, 0.1) is 0 Å². The summed E-state index contributed by atoms with van der Waals surface area (Å²) in [4.78, 5) is 29.4. The first kappa shape index (κ1) is 18.6. The van der Waals surface area contributed by atoms with E-state index in [4.69, 9.17) is 14.5 Å². The highest BCUT2D eigenvalue weighted by Crippen LogP contribution is 2.36. The minimum atomic E-state index is -0.839. The summed E-state index contributed by atoms with van der Waals surface area (Å²) in [7, 11) is 0. The Morgan fingerprint density at radius 3 is 2.86 bits per heavy atom. The van der Waals surface area contributed by atoms with Crippen molar-refractivity contribution in [2.45, 2.75) is 37.1 Å². The lowest BCUT2D eigenvalue weighted by atomic mass is 9.94. The third-order valence-electron chi connectivity index (χ3n) is 4.82. The first-order chi connectivity index (χ1) is 13.6. The number of aryl methyl sites for hydroxylation is 1. The number of carboxylic acids is 1. The topological polar surface area (TPSA) is 92.4 Å². The lowest BCUT2D eigenvalue weighted by molar-refractivity contribution is -0.133. The second-order valence-electron chi connectivity index (χ2n) is 6.75. The van der Waals surface area contributed by atoms with Gasteiger partial charge in [-0.15, -0.1) is 11.8 Å². The number of rotatable bonds is 6. The molecule has 0 radical (unpaired) electrons. The number of carbonyl (C=O) groups is 2. The number of nitrogens with zero attached hydrogens (tertiary/aromatic N) is 1. The van der Waals surface area contributed by atoms with Gasteiger partial charge >= 0.3 is 5.97 Å². The number of hydrogen-bond donors (Lipinski definition) is 2. The zero-order valence-electron chi connectivity index (χ0n) is 15.2. The van der Waals surface area contributed by atoms with Gasteiger partial charge in [-0.25, -0.2) is 0 Å². The molecule has 0 unspecified atom stereocenters. The van der Waals surface area contributed by atoms with Crippen LogP contribution < -0.4 is 5.32 Å². The van der Waals surface area contributed by atoms with Crippen LogP contribution in [0.3, 0.4) is 0 Å². The van der Waals surface area contributed by atoms with Crippen LogP contribution in [0.4, 0.5) is 0 Å². The minimum absolute atomic E-state index is 0.0109. The van der Waals surface area contributed by atoms with Crippen molar-refractivity contribution in [3.63, 3.8) is 0 Å². The number of furan rings is 1. The molecule has 0 aliphatic heterocycles. The lowest BCUT2D eigenvalue weighted by Crippen LogP contribution is -2.22. The van der Waals surface area contributed by atoms with Gasteiger partial charge in [0.15, 0.2) is 0 Å². The third kappa shape index (κ3) is 3.89. The zero-order valence-corrected chi connectivity index (χ0v) is 16.1. The normalized spacial score (nSPS) is 13.3. The third-order valence-corrected chi connectivity index (χ3v) is 5.96. The summed E-state index contributed by atoms with van der Waals surface area (Å²) in [6.07, 6.45) is 5.55. The summed E-state index contributed by atoms with van der Waals surface area (Å²) in [6, 6.07) is 9.01. The van der Waals surface area contributed by atoms with Crippen LogP contribution >= 0.6 is 11.8 Å². The average molecular weight is 396 g/mol. The molecule has 0 saturated carbocycles. The second-order valence-corrected chi connectivity index (χ2v) is 7.74. The number of nitrogens with one attached hydrogen (secondary N) is 1. The number of carboxylic acid groups (broad SMARTS) is 1. The van der Waals surface area contributed by atoms with E-state index in [1.807, 2.05) is 6.07 Å². The van der Waals surface area contributed by atoms with E-state index in [-0.39, 0.29) is 11.7 Å². The highest BCUT2D eigenvalue weighted by molar-refractivity contribution is 8.00. The van der Waals surface area contributed by atoms with Crippen molar-refractivity contribution in [2.24, 2.45) is 0 Å². The van der Waals surface area contributed by atoms with Gasteiger partial charge in [0.25, 0.3) is 5.91 Å². The Morgan fingerprint density at radius 2 is 2.07 bits per heavy atom. The molecule has 0 saturated heterocycles. The van der Waals surface area contributed by atoms with Gasteiger partial charge < -0.3 is 14.8 Å². The van der Waals surface area contributed by atoms with Crippen LogP contribution in [0.1, 0.15) is 40.2 Å². The molecule has 6 nitrogen and oxygen atoms in total. The van der Waals surface area contributed by atoms with Crippen molar-refractivity contribution >= 4 is 34.5 Å². The molecule has 4 rings (SSSR count). The summed E-state index contributed by atoms with van der Waals surface area (Å²) in [6.45, 7) is 0.321. The maximum absolute atomic E-state index is 12.5. The van der Waals surface area contributed by atoms with Gasteiger partial charge in [0.2, 0.25) is 0 Å². The van der Waals surface area contributed by atoms with Crippen LogP contribution in [0.15, 0.2) is 45.9 Å². The lowest BCUT2D eigenvalue weighted by Gasteiger charge is -2.20. The van der Waals surface area contributed by atoms with E-state index in [0.717, 1.165) is 47.2 Å². The monoisotopic (exact) mass is 396 g/mol. The van der Waals surface area contributed by atoms with Crippen molar-refractivity contribution < 1.29 is 19.1 Å². The molecule has 144 valence electrons. The van der Waals surface area contributed by atoms with Gasteiger partial charge in [0.1, 0.15) is 5.76 Å². The molecule has 1 aliphatic carbocycles. The average Bonchev–Trinajstić information content (AvgIpc) is 3.22. The number of amides is 1. The Kier molecular flexibility index (Phi) is 5.34. The SMILES string of the molecule is O=C(O)CSc1c2c(nc3cc(C(=O)NCc4ccco4)ccc13)CCCC2. The summed E-state index contributed by atoms with van der Waals surface area (Å²) in [5, 5.41) is 12.9. The molecule has 2 aromatic heterocycles. The van der Waals surface area contributed by atoms with Gasteiger partial charge in [-0.3, -0.25) is 14.6 Å². The van der Waals surface area contributed by atoms with Gasteiger partial charge in [0.05, 0.1) is 24.1 Å². The molecule has 1 amide bonds. The molecule has 2 heterocycles. The number of aliphatic carboxylic acids is 1. The summed E-state index contributed by atoms with van der Waals surface area (Å²) >= 11 is 1.34. The molecule has 0 spiro atoms. The summed E-state index contributed by atoms with van der Waals surface area (Å²) in [5.41, 5.74) is 3.45. The molecular formula is C21H20N2O4S. The molecule has 1 aliphatic rings. The van der Waals surface area contributed by atoms with Crippen LogP contribution in [-0.2, 0) is 24.2 Å². The van der Waals surface area contributed by atoms with E-state index in [1.165, 1.54) is 17.3 Å². The fourth-order valence-corrected chi connectivity index (χ4v) is 4.49. The van der Waals surface area contributed by atoms with Crippen molar-refractivity contribution in [1.82, 2.24) is 10.3 Å². The first-order valence-corrected chi connectivity index (χ1v) is 10.2. The number of aromatic nitrogens is 1. The minimum Gasteiger partial charge on any atom is -0.481 e. The van der Waals surface area contributed by atoms with Gasteiger partial charge in [0, 0.05) is 21.5 Å². The van der Waals surface area contributed by atoms with Gasteiger partial charge in [-0.1, -0.05) is 6.07 Å². The number of pyridine rings is 1. The predicted molar refractivity (Wildman–Crippen MR) is 107 cm³/mol. The second kappa shape index (κ2) is 8.06. The Labute approximate surface area is 166 Å². The van der Waals surface area contributed by atoms with E-state index in [1.54, 1.807) is 30.5 Å². The predicted octanol–water partition coefficient (Wildman–Crippen LogP) is 3.81. The Hall–Kier alpha value is -2.80. The van der Waals surface area contributed by atoms with Crippen LogP contribution in [0.2, 0.25) is 0 Å². The number of hydrogen-bond acceptors (Lipinski definition) is 5. The van der Waals surface area contributed by atoms with Crippen molar-refractivity contribution in [3.8, 4) is 0 Å². The van der Waals surface area contributed by atoms with Crippen LogP contribution in [0.5, 0.6) is 0 Å². The highest BCUT2D eigenvalue weighted by atomic mass is 32.2. The quantitative estimate of drug-likeness (QED) is 0.616. The van der Waals surface area contributed by atoms with Crippen LogP contribution in [-0.4, -0.2) is 27.7 Å². The number of fused-ring (bicyclic) bond motifs is 2. The van der Waals surface area contributed by atoms with Gasteiger partial charge in [-0.2, -0.15) is 0 Å². The van der Waals surface area contributed by atoms with Crippen LogP contribution in [0.25, 0.3) is 10.9 Å². The molecule has 28 heavy (non-hydrogen) atoms. The fraction of sp³-hybridized carbons (Fsp3) is 0.286. The molecule has 0 bridgehead atoms. The molecule has 0 fully saturated rings. The largest absolute Gasteiger partial charge is 0.481 e. The summed E-state index contributed by atoms with van der Waals surface area (Å²) in [5.74, 6) is -0.337. The molecule has 1 aromatic carbocycles. The fourth-order valence-electron chi connectivity index (χ4n) is 3.50. The van der Waals surface area contributed by atoms with E-state index in [9.17, 15) is 9.59 Å². The van der Waals surface area contributed by atoms with Crippen molar-refractivity contribution in [2.75, 3.05) is 5.75 Å². The Balaban J connectivity index is 1.66. The zero-order chi connectivity index (χ0) is 19.5. The molecular weight excluding hydrogens is 376 g/mol. The highest BCUT2D eigenvalue weighted by Gasteiger charge is 2.20. The molecule has 0 atom stereocenters. The van der Waals surface area contributed by atoms with E-state index in [0.29, 0.717) is 17.9 Å². The van der Waals surface area contributed by atoms with E-state index < -0.39 is 5.97 Å². The van der Waals surface area contributed by atoms with E-state index in [2.05, 4.69) is 5.32 Å². The van der Waals surface area contributed by atoms with Crippen molar-refractivity contribution in [1.29, 1.82) is 0 Å². The smallest absolute Gasteiger partial charge is 0.313 e. The molecule has 2 N–H and O–H groups in total. The number of benzene rings is 1. The Bertz CT molecular complexity index is 1030. The van der Waals surface area contributed by atoms with Crippen molar-refractivity contribution in [3.05, 3.63) is 59.2 Å². The standard InChI is InChI=1S/C21H20N2O4S/c24-19(25)12-28-20-15-5-1-2-6-17(15)23-18-10-13(7-8-16(18)20)21(26)22-11-14-4-3-9-27-14/h3-4,7-10H,1-2,5-6,11-12H2,(H,22,26)(H,24,25). The molecule has 3 aromatic rings. The number of carbonyl (C=O) groups excluding carboxylic acids is 1. The Morgan fingerprint density at radius 1 is 1.21 bits per heavy atom. The van der Waals surface area contributed by atoms with Gasteiger partial charge in [-0.05, 0) is 55.5 Å².